The lowest BCUT2D eigenvalue weighted by molar-refractivity contribution is 0.0703. The van der Waals surface area contributed by atoms with Gasteiger partial charge in [-0.25, -0.2) is 0 Å². The summed E-state index contributed by atoms with van der Waals surface area (Å²) >= 11 is 0. The predicted octanol–water partition coefficient (Wildman–Crippen LogP) is 2.24. The molecule has 1 N–H and O–H groups in total. The van der Waals surface area contributed by atoms with E-state index in [1.807, 2.05) is 25.7 Å². The maximum absolute atomic E-state index is 12.6. The molecule has 0 saturated carbocycles. The van der Waals surface area contributed by atoms with E-state index in [2.05, 4.69) is 20.3 Å². The van der Waals surface area contributed by atoms with Gasteiger partial charge in [-0.05, 0) is 19.8 Å². The zero-order valence-corrected chi connectivity index (χ0v) is 13.2. The first kappa shape index (κ1) is 14.7. The van der Waals surface area contributed by atoms with Gasteiger partial charge in [-0.3, -0.25) is 9.89 Å². The van der Waals surface area contributed by atoms with Crippen LogP contribution in [0.15, 0.2) is 10.7 Å². The van der Waals surface area contributed by atoms with E-state index in [1.54, 1.807) is 6.20 Å². The van der Waals surface area contributed by atoms with Crippen molar-refractivity contribution in [3.8, 4) is 0 Å². The third kappa shape index (κ3) is 2.75. The molecule has 1 fully saturated rings. The SMILES string of the molecule is Cc1[nH]ncc1C(=O)N1CCCC(c2noc(C(C)C)n2)C1. The van der Waals surface area contributed by atoms with Gasteiger partial charge in [0.2, 0.25) is 5.89 Å². The van der Waals surface area contributed by atoms with Crippen molar-refractivity contribution in [2.45, 2.75) is 45.4 Å². The molecular weight excluding hydrogens is 282 g/mol. The number of hydrogen-bond donors (Lipinski definition) is 1. The van der Waals surface area contributed by atoms with Gasteiger partial charge in [0.15, 0.2) is 5.82 Å². The summed E-state index contributed by atoms with van der Waals surface area (Å²) in [7, 11) is 0. The molecule has 7 nitrogen and oxygen atoms in total. The third-order valence-electron chi connectivity index (χ3n) is 4.09. The summed E-state index contributed by atoms with van der Waals surface area (Å²) in [5.74, 6) is 1.75. The van der Waals surface area contributed by atoms with E-state index in [9.17, 15) is 4.79 Å². The Balaban J connectivity index is 1.73. The van der Waals surface area contributed by atoms with Crippen molar-refractivity contribution < 1.29 is 9.32 Å². The fourth-order valence-electron chi connectivity index (χ4n) is 2.76. The van der Waals surface area contributed by atoms with Gasteiger partial charge in [-0.1, -0.05) is 19.0 Å². The van der Waals surface area contributed by atoms with Crippen LogP contribution in [0.2, 0.25) is 0 Å². The number of carbonyl (C=O) groups is 1. The van der Waals surface area contributed by atoms with E-state index in [0.717, 1.165) is 25.1 Å². The molecule has 2 aromatic heterocycles. The molecular formula is C15H21N5O2. The van der Waals surface area contributed by atoms with Crippen molar-refractivity contribution in [2.24, 2.45) is 0 Å². The Bertz CT molecular complexity index is 660. The van der Waals surface area contributed by atoms with E-state index in [1.165, 1.54) is 0 Å². The molecule has 0 bridgehead atoms. The highest BCUT2D eigenvalue weighted by atomic mass is 16.5. The normalized spacial score (nSPS) is 18.9. The maximum atomic E-state index is 12.6. The first-order valence-electron chi connectivity index (χ1n) is 7.69. The molecule has 1 unspecified atom stereocenters. The zero-order chi connectivity index (χ0) is 15.7. The molecule has 3 rings (SSSR count). The Hall–Kier alpha value is -2.18. The number of H-pyrrole nitrogens is 1. The summed E-state index contributed by atoms with van der Waals surface area (Å²) in [4.78, 5) is 18.9. The number of amides is 1. The highest BCUT2D eigenvalue weighted by molar-refractivity contribution is 5.95. The fraction of sp³-hybridized carbons (Fsp3) is 0.600. The Morgan fingerprint density at radius 3 is 2.95 bits per heavy atom. The van der Waals surface area contributed by atoms with E-state index in [0.29, 0.717) is 23.8 Å². The largest absolute Gasteiger partial charge is 0.339 e. The van der Waals surface area contributed by atoms with Crippen molar-refractivity contribution in [3.63, 3.8) is 0 Å². The van der Waals surface area contributed by atoms with Crippen LogP contribution in [0.5, 0.6) is 0 Å². The number of nitrogens with zero attached hydrogens (tertiary/aromatic N) is 4. The molecule has 7 heteroatoms. The Kier molecular flexibility index (Phi) is 3.96. The molecule has 3 heterocycles. The van der Waals surface area contributed by atoms with Crippen LogP contribution in [0, 0.1) is 6.92 Å². The lowest BCUT2D eigenvalue weighted by Gasteiger charge is -2.31. The summed E-state index contributed by atoms with van der Waals surface area (Å²) < 4.78 is 5.29. The second-order valence-electron chi connectivity index (χ2n) is 6.14. The molecule has 1 amide bonds. The number of carbonyl (C=O) groups excluding carboxylic acids is 1. The van der Waals surface area contributed by atoms with Gasteiger partial charge >= 0.3 is 0 Å². The lowest BCUT2D eigenvalue weighted by Crippen LogP contribution is -2.39. The Morgan fingerprint density at radius 2 is 2.32 bits per heavy atom. The molecule has 22 heavy (non-hydrogen) atoms. The molecule has 0 radical (unpaired) electrons. The Morgan fingerprint density at radius 1 is 1.50 bits per heavy atom. The van der Waals surface area contributed by atoms with Crippen LogP contribution in [0.1, 0.15) is 66.3 Å². The summed E-state index contributed by atoms with van der Waals surface area (Å²) in [5.41, 5.74) is 1.44. The molecule has 0 aromatic carbocycles. The van der Waals surface area contributed by atoms with Gasteiger partial charge in [0.25, 0.3) is 5.91 Å². The number of piperidine rings is 1. The first-order valence-corrected chi connectivity index (χ1v) is 7.69. The number of rotatable bonds is 3. The third-order valence-corrected chi connectivity index (χ3v) is 4.09. The van der Waals surface area contributed by atoms with E-state index in [-0.39, 0.29) is 17.7 Å². The molecule has 2 aromatic rings. The summed E-state index contributed by atoms with van der Waals surface area (Å²) in [6.07, 6.45) is 3.51. The van der Waals surface area contributed by atoms with Gasteiger partial charge in [-0.2, -0.15) is 10.1 Å². The quantitative estimate of drug-likeness (QED) is 0.939. The van der Waals surface area contributed by atoms with Crippen LogP contribution in [0.3, 0.4) is 0 Å². The smallest absolute Gasteiger partial charge is 0.257 e. The van der Waals surface area contributed by atoms with Crippen molar-refractivity contribution in [2.75, 3.05) is 13.1 Å². The van der Waals surface area contributed by atoms with Crippen LogP contribution >= 0.6 is 0 Å². The average Bonchev–Trinajstić information content (AvgIpc) is 3.15. The van der Waals surface area contributed by atoms with E-state index >= 15 is 0 Å². The number of aryl methyl sites for hydroxylation is 1. The van der Waals surface area contributed by atoms with Crippen molar-refractivity contribution in [1.29, 1.82) is 0 Å². The second-order valence-corrected chi connectivity index (χ2v) is 6.14. The number of likely N-dealkylation sites (tertiary alicyclic amines) is 1. The molecule has 0 aliphatic carbocycles. The van der Waals surface area contributed by atoms with Gasteiger partial charge in [-0.15, -0.1) is 0 Å². The minimum atomic E-state index is 0.0172. The predicted molar refractivity (Wildman–Crippen MR) is 79.6 cm³/mol. The molecule has 118 valence electrons. The average molecular weight is 303 g/mol. The topological polar surface area (TPSA) is 87.9 Å². The molecule has 1 atom stereocenters. The zero-order valence-electron chi connectivity index (χ0n) is 13.2. The highest BCUT2D eigenvalue weighted by Crippen LogP contribution is 2.27. The number of aromatic nitrogens is 4. The molecule has 0 spiro atoms. The number of aromatic amines is 1. The van der Waals surface area contributed by atoms with Crippen molar-refractivity contribution >= 4 is 5.91 Å². The fourth-order valence-corrected chi connectivity index (χ4v) is 2.76. The van der Waals surface area contributed by atoms with Crippen molar-refractivity contribution in [3.05, 3.63) is 29.2 Å². The van der Waals surface area contributed by atoms with Crippen LogP contribution in [-0.2, 0) is 0 Å². The second kappa shape index (κ2) is 5.90. The van der Waals surface area contributed by atoms with Crippen LogP contribution in [0.25, 0.3) is 0 Å². The molecule has 1 aliphatic rings. The monoisotopic (exact) mass is 303 g/mol. The summed E-state index contributed by atoms with van der Waals surface area (Å²) in [6, 6.07) is 0. The highest BCUT2D eigenvalue weighted by Gasteiger charge is 2.29. The number of hydrogen-bond acceptors (Lipinski definition) is 5. The van der Waals surface area contributed by atoms with Gasteiger partial charge < -0.3 is 9.42 Å². The van der Waals surface area contributed by atoms with Crippen LogP contribution in [0.4, 0.5) is 0 Å². The standard InChI is InChI=1S/C15H21N5O2/c1-9(2)14-17-13(19-22-14)11-5-4-6-20(8-11)15(21)12-7-16-18-10(12)3/h7,9,11H,4-6,8H2,1-3H3,(H,16,18). The van der Waals surface area contributed by atoms with E-state index in [4.69, 9.17) is 4.52 Å². The number of nitrogens with one attached hydrogen (secondary N) is 1. The van der Waals surface area contributed by atoms with E-state index < -0.39 is 0 Å². The van der Waals surface area contributed by atoms with Crippen LogP contribution in [-0.4, -0.2) is 44.2 Å². The minimum absolute atomic E-state index is 0.0172. The lowest BCUT2D eigenvalue weighted by atomic mass is 9.96. The molecule has 1 saturated heterocycles. The van der Waals surface area contributed by atoms with Crippen LogP contribution < -0.4 is 0 Å². The van der Waals surface area contributed by atoms with Crippen molar-refractivity contribution in [1.82, 2.24) is 25.2 Å². The van der Waals surface area contributed by atoms with Gasteiger partial charge in [0, 0.05) is 30.6 Å². The summed E-state index contributed by atoms with van der Waals surface area (Å²) in [6.45, 7) is 7.29. The van der Waals surface area contributed by atoms with Gasteiger partial charge in [0.1, 0.15) is 0 Å². The maximum Gasteiger partial charge on any atom is 0.257 e. The van der Waals surface area contributed by atoms with Gasteiger partial charge in [0.05, 0.1) is 11.8 Å². The Labute approximate surface area is 129 Å². The first-order chi connectivity index (χ1) is 10.6. The molecule has 1 aliphatic heterocycles. The summed E-state index contributed by atoms with van der Waals surface area (Å²) in [5, 5.41) is 10.8. The minimum Gasteiger partial charge on any atom is -0.339 e.